The molecule has 0 spiro atoms. The third kappa shape index (κ3) is 7.60. The largest absolute Gasteiger partial charge is 0.447 e. The molecule has 0 radical (unpaired) electrons. The quantitative estimate of drug-likeness (QED) is 0.184. The lowest BCUT2D eigenvalue weighted by atomic mass is 9.75. The Bertz CT molecular complexity index is 2300. The number of nitrogens with zero attached hydrogens (tertiary/aromatic N) is 7. The van der Waals surface area contributed by atoms with E-state index in [0.29, 0.717) is 4.09 Å². The van der Waals surface area contributed by atoms with Crippen LogP contribution in [0.3, 0.4) is 0 Å². The number of rotatable bonds is 11. The van der Waals surface area contributed by atoms with Crippen LogP contribution in [-0.4, -0.2) is 79.8 Å². The molecule has 2 aliphatic rings. The van der Waals surface area contributed by atoms with Gasteiger partial charge in [-0.15, -0.1) is 0 Å². The molecule has 3 heterocycles. The standard InChI is InChI=1S/C34H35ClF5N9O5S/c1-31(2,3)17-33(21-6-7-22(24(37)12-21)20-14-43-47(15-20)55(4,52)53)28(50)48(29(41)45-33)26(16-54-30(51)46-32(9-10-32)34(38,39)40)19-5-8-23(35)25(11-19)49-27(13-36)42-18-44-49/h5-8,11-12,14-15,18,26H,9-10,13,16-17H2,1-4H3,(H2,41,45)(H,46,51)/t26-,33-/m1/s1. The number of amides is 2. The third-order valence-corrected chi connectivity index (χ3v) is 10.4. The van der Waals surface area contributed by atoms with Crippen molar-refractivity contribution in [1.29, 1.82) is 0 Å². The fraction of sp³-hybridized carbons (Fsp3) is 0.412. The number of aliphatic imine (C=N–C) groups is 1. The molecule has 0 unspecified atom stereocenters. The lowest BCUT2D eigenvalue weighted by molar-refractivity contribution is -0.164. The van der Waals surface area contributed by atoms with Gasteiger partial charge in [0.2, 0.25) is 0 Å². The molecule has 2 atom stereocenters. The highest BCUT2D eigenvalue weighted by molar-refractivity contribution is 7.89. The van der Waals surface area contributed by atoms with E-state index in [1.54, 1.807) is 0 Å². The number of aromatic nitrogens is 5. The highest BCUT2D eigenvalue weighted by atomic mass is 35.5. The summed E-state index contributed by atoms with van der Waals surface area (Å²) in [5.41, 5.74) is 1.98. The zero-order valence-corrected chi connectivity index (χ0v) is 31.3. The van der Waals surface area contributed by atoms with E-state index >= 15 is 4.39 Å². The number of nitrogens with one attached hydrogen (secondary N) is 1. The van der Waals surface area contributed by atoms with Gasteiger partial charge in [-0.2, -0.15) is 27.5 Å². The highest BCUT2D eigenvalue weighted by Gasteiger charge is 2.64. The lowest BCUT2D eigenvalue weighted by Gasteiger charge is -2.35. The summed E-state index contributed by atoms with van der Waals surface area (Å²) in [6.07, 6.45) is -2.56. The van der Waals surface area contributed by atoms with Crippen LogP contribution in [0, 0.1) is 11.2 Å². The highest BCUT2D eigenvalue weighted by Crippen LogP contribution is 2.49. The Morgan fingerprint density at radius 2 is 1.84 bits per heavy atom. The predicted molar refractivity (Wildman–Crippen MR) is 189 cm³/mol. The van der Waals surface area contributed by atoms with E-state index < -0.39 is 75.8 Å². The maximum atomic E-state index is 16.0. The van der Waals surface area contributed by atoms with E-state index in [1.807, 2.05) is 26.1 Å². The number of alkyl halides is 4. The molecule has 2 aromatic carbocycles. The predicted octanol–water partition coefficient (Wildman–Crippen LogP) is 5.55. The first-order valence-electron chi connectivity index (χ1n) is 16.6. The molecule has 2 amide bonds. The Kier molecular flexibility index (Phi) is 9.99. The molecule has 14 nitrogen and oxygen atoms in total. The van der Waals surface area contributed by atoms with Gasteiger partial charge in [-0.05, 0) is 54.0 Å². The fourth-order valence-electron chi connectivity index (χ4n) is 6.47. The zero-order valence-electron chi connectivity index (χ0n) is 29.7. The zero-order chi connectivity index (χ0) is 40.3. The van der Waals surface area contributed by atoms with Gasteiger partial charge in [-0.1, -0.05) is 50.6 Å². The Hall–Kier alpha value is -5.11. The van der Waals surface area contributed by atoms with Gasteiger partial charge in [0.05, 0.1) is 35.4 Å². The average molecular weight is 812 g/mol. The average Bonchev–Trinajstić information content (AvgIpc) is 3.38. The van der Waals surface area contributed by atoms with Crippen LogP contribution in [0.2, 0.25) is 5.02 Å². The first kappa shape index (κ1) is 39.6. The SMILES string of the molecule is CC(C)(C)C[C@]1(c2ccc(-c3cnn(S(C)(=O)=O)c3)c(F)c2)N=C(N)N([C@H](COC(=O)NC2(C(F)(F)F)CC2)c2ccc(Cl)c(-n3ncnc3CF)c2)C1=O. The minimum atomic E-state index is -4.74. The van der Waals surface area contributed by atoms with Gasteiger partial charge in [0.25, 0.3) is 15.9 Å². The van der Waals surface area contributed by atoms with Crippen LogP contribution in [0.4, 0.5) is 26.7 Å². The van der Waals surface area contributed by atoms with Crippen LogP contribution in [0.25, 0.3) is 16.8 Å². The molecule has 4 aromatic rings. The van der Waals surface area contributed by atoms with Gasteiger partial charge >= 0.3 is 12.3 Å². The minimum Gasteiger partial charge on any atom is -0.447 e. The van der Waals surface area contributed by atoms with Crippen molar-refractivity contribution < 1.29 is 44.7 Å². The van der Waals surface area contributed by atoms with E-state index in [9.17, 15) is 35.6 Å². The number of nitrogens with two attached hydrogens (primary N) is 1. The normalized spacial score (nSPS) is 19.0. The molecule has 6 rings (SSSR count). The van der Waals surface area contributed by atoms with Gasteiger partial charge in [0, 0.05) is 11.1 Å². The molecule has 0 bridgehead atoms. The van der Waals surface area contributed by atoms with Gasteiger partial charge in [-0.25, -0.2) is 36.7 Å². The summed E-state index contributed by atoms with van der Waals surface area (Å²) < 4.78 is 102. The molecule has 1 saturated carbocycles. The minimum absolute atomic E-state index is 0.0251. The molecular weight excluding hydrogens is 777 g/mol. The van der Waals surface area contributed by atoms with E-state index in [-0.39, 0.29) is 58.1 Å². The summed E-state index contributed by atoms with van der Waals surface area (Å²) in [6.45, 7) is 3.66. The fourth-order valence-corrected chi connectivity index (χ4v) is 7.19. The van der Waals surface area contributed by atoms with Crippen molar-refractivity contribution >= 4 is 39.6 Å². The van der Waals surface area contributed by atoms with Crippen molar-refractivity contribution in [1.82, 2.24) is 34.2 Å². The molecule has 294 valence electrons. The molecule has 55 heavy (non-hydrogen) atoms. The second-order valence-corrected chi connectivity index (χ2v) is 16.8. The first-order valence-corrected chi connectivity index (χ1v) is 18.8. The maximum Gasteiger partial charge on any atom is 0.411 e. The van der Waals surface area contributed by atoms with Crippen LogP contribution in [0.15, 0.2) is 60.1 Å². The third-order valence-electron chi connectivity index (χ3n) is 9.21. The molecule has 3 N–H and O–H groups in total. The smallest absolute Gasteiger partial charge is 0.411 e. The number of carbonyl (C=O) groups is 2. The number of guanidine groups is 1. The molecule has 0 saturated heterocycles. The number of ether oxygens (including phenoxy) is 1. The van der Waals surface area contributed by atoms with Crippen LogP contribution in [0.5, 0.6) is 0 Å². The number of alkyl carbamates (subject to hydrolysis) is 1. The molecule has 1 aliphatic carbocycles. The van der Waals surface area contributed by atoms with E-state index in [4.69, 9.17) is 22.1 Å². The van der Waals surface area contributed by atoms with Crippen molar-refractivity contribution in [3.8, 4) is 16.8 Å². The summed E-state index contributed by atoms with van der Waals surface area (Å²) in [7, 11) is -3.77. The monoisotopic (exact) mass is 811 g/mol. The van der Waals surface area contributed by atoms with Crippen molar-refractivity contribution in [3.05, 3.63) is 82.9 Å². The second-order valence-electron chi connectivity index (χ2n) is 14.6. The van der Waals surface area contributed by atoms with Crippen molar-refractivity contribution in [2.75, 3.05) is 12.9 Å². The van der Waals surface area contributed by atoms with Crippen molar-refractivity contribution in [2.24, 2.45) is 16.1 Å². The molecular formula is C34H35ClF5N9O5S. The van der Waals surface area contributed by atoms with Gasteiger partial charge in [-0.3, -0.25) is 9.69 Å². The lowest BCUT2D eigenvalue weighted by Crippen LogP contribution is -2.50. The Labute approximate surface area is 316 Å². The van der Waals surface area contributed by atoms with Gasteiger partial charge in [0.1, 0.15) is 31.0 Å². The number of hydrogen-bond acceptors (Lipinski definition) is 10. The van der Waals surface area contributed by atoms with Crippen molar-refractivity contribution in [2.45, 2.75) is 70.0 Å². The number of carbonyl (C=O) groups excluding carboxylic acids is 2. The van der Waals surface area contributed by atoms with E-state index in [0.717, 1.165) is 34.4 Å². The van der Waals surface area contributed by atoms with Crippen LogP contribution in [-0.2, 0) is 31.8 Å². The van der Waals surface area contributed by atoms with E-state index in [1.165, 1.54) is 36.5 Å². The van der Waals surface area contributed by atoms with Gasteiger partial charge < -0.3 is 15.8 Å². The number of halogens is 6. The van der Waals surface area contributed by atoms with Crippen LogP contribution in [0.1, 0.15) is 63.0 Å². The summed E-state index contributed by atoms with van der Waals surface area (Å²) in [6, 6.07) is 6.71. The first-order chi connectivity index (χ1) is 25.6. The molecule has 1 fully saturated rings. The Morgan fingerprint density at radius 1 is 1.13 bits per heavy atom. The van der Waals surface area contributed by atoms with E-state index in [2.05, 4.69) is 20.2 Å². The van der Waals surface area contributed by atoms with Gasteiger partial charge in [0.15, 0.2) is 17.3 Å². The molecule has 21 heteroatoms. The van der Waals surface area contributed by atoms with Crippen molar-refractivity contribution in [3.63, 3.8) is 0 Å². The molecule has 2 aromatic heterocycles. The Morgan fingerprint density at radius 3 is 2.42 bits per heavy atom. The summed E-state index contributed by atoms with van der Waals surface area (Å²) in [5.74, 6) is -2.14. The number of hydrogen-bond donors (Lipinski definition) is 2. The Balaban J connectivity index is 1.42. The topological polar surface area (TPSA) is 180 Å². The second kappa shape index (κ2) is 13.9. The summed E-state index contributed by atoms with van der Waals surface area (Å²) in [5, 5.41) is 9.76. The summed E-state index contributed by atoms with van der Waals surface area (Å²) in [4.78, 5) is 37.3. The molecule has 1 aliphatic heterocycles. The van der Waals surface area contributed by atoms with Crippen LogP contribution < -0.4 is 11.1 Å². The van der Waals surface area contributed by atoms with Crippen LogP contribution >= 0.6 is 11.6 Å². The number of benzene rings is 2. The maximum absolute atomic E-state index is 16.0. The summed E-state index contributed by atoms with van der Waals surface area (Å²) >= 11 is 6.47.